The summed E-state index contributed by atoms with van der Waals surface area (Å²) in [4.78, 5) is 0. The minimum atomic E-state index is -3.48. The molecule has 8 bridgehead atoms. The van der Waals surface area contributed by atoms with Crippen LogP contribution in [0.1, 0.15) is 353 Å². The Bertz CT molecular complexity index is 3480. The molecule has 0 spiro atoms. The third-order valence-corrected chi connectivity index (χ3v) is 27.2. The number of unbranched alkanes of at least 4 members (excludes halogenated alkanes) is 32. The third-order valence-electron chi connectivity index (χ3n) is 21.4. The molecule has 6 atom stereocenters. The second kappa shape index (κ2) is 38.7. The SMILES string of the molecule is CCCCCCCCCCCC1c2cc3c(cc2O)OCOc2cc4c(cc2C3CCCCCCCCCCC)C(CCCCCCCCCCC)c2cc3c(cc2OP(=S)(c2ccccc2)O4)OP(=S)(c2ccccc2)Oc2cc(O)c1cc2C3CCCCCCCCCCC. The number of hydrogen-bond acceptors (Lipinski definition) is 10. The minimum absolute atomic E-state index is 0.0632. The molecule has 3 heterocycles. The molecule has 12 heteroatoms. The zero-order chi connectivity index (χ0) is 67.7. The second-order valence-corrected chi connectivity index (χ2v) is 35.5. The van der Waals surface area contributed by atoms with Crippen LogP contribution in [-0.2, 0) is 23.6 Å². The van der Waals surface area contributed by atoms with Crippen molar-refractivity contribution in [3.05, 3.63) is 154 Å². The first-order valence-corrected chi connectivity index (χ1v) is 44.3. The van der Waals surface area contributed by atoms with Gasteiger partial charge in [0.25, 0.3) is 0 Å². The van der Waals surface area contributed by atoms with Crippen LogP contribution in [0.25, 0.3) is 0 Å². The summed E-state index contributed by atoms with van der Waals surface area (Å²) < 4.78 is 43.9. The number of fused-ring (bicyclic) bond motifs is 2. The van der Waals surface area contributed by atoms with Gasteiger partial charge in [0.1, 0.15) is 46.0 Å². The topological polar surface area (TPSA) is 95.8 Å². The fourth-order valence-electron chi connectivity index (χ4n) is 15.9. The van der Waals surface area contributed by atoms with Gasteiger partial charge in [0.15, 0.2) is 0 Å². The molecular weight excluding hydrogens is 1280 g/mol. The number of hydrogen-bond donors (Lipinski definition) is 2. The number of phenolic OH excluding ortho intramolecular Hbond substituents is 2. The third kappa shape index (κ3) is 20.2. The van der Waals surface area contributed by atoms with Gasteiger partial charge in [-0.25, -0.2) is 0 Å². The molecule has 0 saturated heterocycles. The van der Waals surface area contributed by atoms with E-state index in [-0.39, 0.29) is 42.0 Å². The van der Waals surface area contributed by atoms with E-state index in [4.69, 9.17) is 51.2 Å². The van der Waals surface area contributed by atoms with Crippen LogP contribution in [0.4, 0.5) is 0 Å². The number of aromatic hydroxyl groups is 2. The predicted octanol–water partition coefficient (Wildman–Crippen LogP) is 26.2. The van der Waals surface area contributed by atoms with E-state index in [1.54, 1.807) is 0 Å². The summed E-state index contributed by atoms with van der Waals surface area (Å²) in [6, 6.07) is 37.6. The largest absolute Gasteiger partial charge is 0.508 e. The van der Waals surface area contributed by atoms with Gasteiger partial charge in [-0.05, 0) is 97.8 Å². The van der Waals surface area contributed by atoms with Crippen LogP contribution in [0.15, 0.2) is 109 Å². The van der Waals surface area contributed by atoms with Crippen molar-refractivity contribution in [1.29, 1.82) is 0 Å². The van der Waals surface area contributed by atoms with Gasteiger partial charge in [0.2, 0.25) is 6.79 Å². The van der Waals surface area contributed by atoms with Gasteiger partial charge < -0.3 is 37.8 Å². The van der Waals surface area contributed by atoms with Crippen LogP contribution in [0.5, 0.6) is 46.0 Å². The number of benzene rings is 6. The highest BCUT2D eigenvalue weighted by Gasteiger charge is 2.42. The fraction of sp³-hybridized carbons (Fsp3) is 0.576. The van der Waals surface area contributed by atoms with Crippen molar-refractivity contribution in [2.45, 2.75) is 308 Å². The van der Waals surface area contributed by atoms with Crippen molar-refractivity contribution in [3.63, 3.8) is 0 Å². The Kier molecular flexibility index (Phi) is 29.8. The average Bonchev–Trinajstić information content (AvgIpc) is 0.738. The van der Waals surface area contributed by atoms with E-state index in [0.717, 1.165) is 145 Å². The van der Waals surface area contributed by atoms with Crippen molar-refractivity contribution < 1.29 is 37.8 Å². The molecule has 2 N–H and O–H groups in total. The monoisotopic (exact) mass is 1390 g/mol. The van der Waals surface area contributed by atoms with Crippen LogP contribution < -0.4 is 38.2 Å². The summed E-state index contributed by atoms with van der Waals surface area (Å²) in [5, 5.41) is 27.6. The lowest BCUT2D eigenvalue weighted by Gasteiger charge is -2.37. The number of ether oxygens (including phenoxy) is 2. The maximum absolute atomic E-state index is 13.1. The zero-order valence-electron chi connectivity index (χ0n) is 59.7. The molecule has 528 valence electrons. The Labute approximate surface area is 595 Å². The van der Waals surface area contributed by atoms with Crippen LogP contribution >= 0.6 is 13.0 Å². The van der Waals surface area contributed by atoms with Crippen molar-refractivity contribution in [1.82, 2.24) is 0 Å². The molecule has 6 aromatic rings. The summed E-state index contributed by atoms with van der Waals surface area (Å²) in [6.45, 7) is 2.16. The second-order valence-electron chi connectivity index (χ2n) is 28.9. The summed E-state index contributed by atoms with van der Waals surface area (Å²) in [5.74, 6) is 3.14. The van der Waals surface area contributed by atoms with Crippen LogP contribution in [0.3, 0.4) is 0 Å². The highest BCUT2D eigenvalue weighted by atomic mass is 32.5. The lowest BCUT2D eigenvalue weighted by atomic mass is 9.76. The van der Waals surface area contributed by atoms with Crippen LogP contribution in [-0.4, -0.2) is 17.0 Å². The molecule has 6 aromatic carbocycles. The molecule has 4 aliphatic rings. The molecular formula is C85H118O8P2S2. The Morgan fingerprint density at radius 3 is 0.825 bits per heavy atom. The first-order valence-electron chi connectivity index (χ1n) is 39.0. The Balaban J connectivity index is 1.21. The lowest BCUT2D eigenvalue weighted by molar-refractivity contribution is 0.113. The molecule has 10 rings (SSSR count). The summed E-state index contributed by atoms with van der Waals surface area (Å²) in [7, 11) is 0. The van der Waals surface area contributed by atoms with E-state index in [0.29, 0.717) is 34.5 Å². The van der Waals surface area contributed by atoms with Gasteiger partial charge in [-0.1, -0.05) is 295 Å². The van der Waals surface area contributed by atoms with E-state index in [9.17, 15) is 10.2 Å². The standard InChI is InChI=1S/C85H118O8P2S2/c1-5-9-13-17-21-25-29-33-43-51-66-70-55-72-67(52-44-34-30-26-22-18-14-10-6-2)73-57-75-69(54-46-36-32-28-24-20-16-12-8-4)77-58-76-68(53-45-35-31-27-23-19-15-11-7-3)74-56-71(66)79(87)60-82(74)90-94(96,64-47-39-37-40-48-64)92-84(76)62-85(77)93-95(97,65-49-41-38-42-50-65)91-83(75)61-81(73)89-63-88-80(72)59-78(70)86/h37-42,47-50,55-62,66-69,86-87H,5-36,43-46,51-54,63H2,1-4H3. The van der Waals surface area contributed by atoms with Gasteiger partial charge in [-0.2, -0.15) is 0 Å². The molecule has 1 aliphatic carbocycles. The molecule has 0 aromatic heterocycles. The minimum Gasteiger partial charge on any atom is -0.508 e. The van der Waals surface area contributed by atoms with Gasteiger partial charge in [-0.15, -0.1) is 0 Å². The molecule has 0 radical (unpaired) electrons. The molecule has 0 amide bonds. The Hall–Kier alpha value is -4.98. The normalized spacial score (nSPS) is 19.6. The van der Waals surface area contributed by atoms with E-state index < -0.39 is 13.0 Å². The van der Waals surface area contributed by atoms with Crippen LogP contribution in [0, 0.1) is 0 Å². The van der Waals surface area contributed by atoms with Gasteiger partial charge in [0, 0.05) is 92.4 Å². The fourth-order valence-corrected chi connectivity index (χ4v) is 20.8. The predicted molar refractivity (Wildman–Crippen MR) is 413 cm³/mol. The van der Waals surface area contributed by atoms with Crippen molar-refractivity contribution in [2.24, 2.45) is 0 Å². The van der Waals surface area contributed by atoms with Crippen LogP contribution in [0.2, 0.25) is 0 Å². The van der Waals surface area contributed by atoms with Crippen molar-refractivity contribution >= 4 is 47.2 Å². The van der Waals surface area contributed by atoms with Crippen molar-refractivity contribution in [3.8, 4) is 46.0 Å². The van der Waals surface area contributed by atoms with Gasteiger partial charge in [-0.3, -0.25) is 0 Å². The van der Waals surface area contributed by atoms with E-state index in [2.05, 4.69) is 64.1 Å². The summed E-state index contributed by atoms with van der Waals surface area (Å²) in [5.41, 5.74) is 7.87. The molecule has 0 fully saturated rings. The molecule has 3 aliphatic heterocycles. The zero-order valence-corrected chi connectivity index (χ0v) is 63.2. The highest BCUT2D eigenvalue weighted by Crippen LogP contribution is 2.62. The molecule has 97 heavy (non-hydrogen) atoms. The summed E-state index contributed by atoms with van der Waals surface area (Å²) in [6.07, 6.45) is 46.7. The maximum Gasteiger partial charge on any atom is 0.319 e. The first-order chi connectivity index (χ1) is 47.6. The Morgan fingerprint density at radius 1 is 0.289 bits per heavy atom. The first kappa shape index (κ1) is 74.7. The maximum atomic E-state index is 13.1. The quantitative estimate of drug-likeness (QED) is 0.0285. The van der Waals surface area contributed by atoms with E-state index >= 15 is 0 Å². The number of phenols is 2. The average molecular weight is 1390 g/mol. The molecule has 8 nitrogen and oxygen atoms in total. The van der Waals surface area contributed by atoms with Crippen molar-refractivity contribution in [2.75, 3.05) is 6.79 Å². The molecule has 0 saturated carbocycles. The summed E-state index contributed by atoms with van der Waals surface area (Å²) >= 11 is 13.8. The Morgan fingerprint density at radius 2 is 0.515 bits per heavy atom. The molecule has 6 unspecified atom stereocenters. The van der Waals surface area contributed by atoms with E-state index in [1.165, 1.54) is 167 Å². The van der Waals surface area contributed by atoms with Gasteiger partial charge in [0.05, 0.1) is 10.6 Å². The lowest BCUT2D eigenvalue weighted by Crippen LogP contribution is -2.22. The van der Waals surface area contributed by atoms with Gasteiger partial charge >= 0.3 is 13.0 Å². The smallest absolute Gasteiger partial charge is 0.319 e. The van der Waals surface area contributed by atoms with E-state index in [1.807, 2.05) is 72.8 Å². The highest BCUT2D eigenvalue weighted by molar-refractivity contribution is 8.14. The number of rotatable bonds is 42.